The van der Waals surface area contributed by atoms with Crippen LogP contribution in [0, 0.1) is 11.8 Å². The molecule has 0 aromatic heterocycles. The molecule has 0 saturated heterocycles. The van der Waals surface area contributed by atoms with Crippen LogP contribution >= 0.6 is 0 Å². The number of carbonyl (C=O) groups is 12. The second-order valence-corrected chi connectivity index (χ2v) is 16.3. The van der Waals surface area contributed by atoms with E-state index in [0.717, 1.165) is 36.4 Å². The predicted octanol–water partition coefficient (Wildman–Crippen LogP) is 5.25. The van der Waals surface area contributed by atoms with E-state index in [0.29, 0.717) is 12.8 Å². The molecule has 0 N–H and O–H groups in total. The minimum absolute atomic E-state index is 0.0323. The quantitative estimate of drug-likeness (QED) is 0.0284. The molecule has 0 aliphatic heterocycles. The Morgan fingerprint density at radius 1 is 0.372 bits per heavy atom. The summed E-state index contributed by atoms with van der Waals surface area (Å²) in [5.74, 6) is -11.7. The van der Waals surface area contributed by atoms with Gasteiger partial charge in [0.1, 0.15) is 60.6 Å². The Hall–Kier alpha value is -8.96. The molecule has 0 bridgehead atoms. The number of hydrogen-bond acceptors (Lipinski definition) is 24. The van der Waals surface area contributed by atoms with Crippen molar-refractivity contribution in [3.05, 3.63) is 98.1 Å². The molecule has 1 fully saturated rings. The summed E-state index contributed by atoms with van der Waals surface area (Å²) in [5.41, 5.74) is -0.617. The van der Waals surface area contributed by atoms with Crippen LogP contribution in [0.25, 0.3) is 0 Å². The van der Waals surface area contributed by atoms with Crippen LogP contribution in [0.2, 0.25) is 0 Å². The molecule has 0 radical (unpaired) electrons. The Morgan fingerprint density at radius 2 is 0.667 bits per heavy atom. The third-order valence-corrected chi connectivity index (χ3v) is 10.6. The van der Waals surface area contributed by atoms with E-state index in [2.05, 4.69) is 26.3 Å². The molecule has 3 rings (SSSR count). The monoisotopic (exact) mass is 1090 g/mol. The normalized spacial score (nSPS) is 13.3. The smallest absolute Gasteiger partial charge is 0.342 e. The third kappa shape index (κ3) is 24.6. The summed E-state index contributed by atoms with van der Waals surface area (Å²) in [6.07, 6.45) is 3.97. The van der Waals surface area contributed by atoms with Crippen molar-refractivity contribution < 1.29 is 114 Å². The molecule has 1 aliphatic carbocycles. The molecule has 0 atom stereocenters. The van der Waals surface area contributed by atoms with Gasteiger partial charge in [-0.25, -0.2) is 28.8 Å². The minimum atomic E-state index is -0.967. The van der Waals surface area contributed by atoms with Crippen molar-refractivity contribution in [3.8, 4) is 23.0 Å². The summed E-state index contributed by atoms with van der Waals surface area (Å²) in [5, 5.41) is 0. The first-order valence-electron chi connectivity index (χ1n) is 24.4. The summed E-state index contributed by atoms with van der Waals surface area (Å²) < 4.78 is 61.8. The fraction of sp³-hybridized carbons (Fsp3) is 0.407. The van der Waals surface area contributed by atoms with Gasteiger partial charge in [0, 0.05) is 24.3 Å². The standard InChI is InChI=1S/C54H60O24/c1-5-43(55)67-25-9-11-27-73-53(65)39-33-37(17-19-41(39)77-49(61)23-21-47(59)71-31-29-69-45(57)7-3)75-51(63)35-13-15-36(16-14-35)52(64)76-38-18-20-42(40(34-38)54(66)74-28-12-10-26-68-44(56)6-2)78-50(62)24-22-48(60)72-32-30-70-46(58)8-4/h5-8,17-20,33-36H,1-4,9-16,21-32H2. The second-order valence-electron chi connectivity index (χ2n) is 16.3. The van der Waals surface area contributed by atoms with Crippen molar-refractivity contribution >= 4 is 71.6 Å². The lowest BCUT2D eigenvalue weighted by atomic mass is 9.82. The van der Waals surface area contributed by atoms with Crippen LogP contribution in [0.3, 0.4) is 0 Å². The lowest BCUT2D eigenvalue weighted by molar-refractivity contribution is -0.151. The largest absolute Gasteiger partial charge is 0.463 e. The Morgan fingerprint density at radius 3 is 1.00 bits per heavy atom. The Bertz CT molecular complexity index is 2340. The van der Waals surface area contributed by atoms with Gasteiger partial charge in [0.25, 0.3) is 0 Å². The molecule has 2 aromatic rings. The summed E-state index contributed by atoms with van der Waals surface area (Å²) in [6, 6.07) is 7.16. The maximum atomic E-state index is 13.4. The number of hydrogen-bond donors (Lipinski definition) is 0. The number of benzene rings is 2. The van der Waals surface area contributed by atoms with E-state index in [1.165, 1.54) is 24.3 Å². The number of rotatable bonds is 34. The Kier molecular flexibility index (Phi) is 28.7. The maximum absolute atomic E-state index is 13.4. The van der Waals surface area contributed by atoms with Gasteiger partial charge in [0.2, 0.25) is 0 Å². The zero-order valence-electron chi connectivity index (χ0n) is 42.7. The molecular weight excluding hydrogens is 1030 g/mol. The minimum Gasteiger partial charge on any atom is -0.463 e. The van der Waals surface area contributed by atoms with E-state index in [1.54, 1.807) is 0 Å². The van der Waals surface area contributed by atoms with Crippen molar-refractivity contribution in [3.63, 3.8) is 0 Å². The zero-order chi connectivity index (χ0) is 57.2. The van der Waals surface area contributed by atoms with Gasteiger partial charge in [0.05, 0.1) is 63.9 Å². The fourth-order valence-electron chi connectivity index (χ4n) is 6.58. The summed E-state index contributed by atoms with van der Waals surface area (Å²) in [4.78, 5) is 148. The highest BCUT2D eigenvalue weighted by atomic mass is 16.6. The van der Waals surface area contributed by atoms with Gasteiger partial charge in [-0.05, 0) is 87.8 Å². The lowest BCUT2D eigenvalue weighted by Crippen LogP contribution is -2.30. The van der Waals surface area contributed by atoms with Crippen LogP contribution in [-0.2, 0) is 85.8 Å². The van der Waals surface area contributed by atoms with Crippen LogP contribution in [0.1, 0.15) is 97.8 Å². The van der Waals surface area contributed by atoms with E-state index >= 15 is 0 Å². The van der Waals surface area contributed by atoms with Gasteiger partial charge in [-0.2, -0.15) is 0 Å². The van der Waals surface area contributed by atoms with E-state index in [9.17, 15) is 57.5 Å². The van der Waals surface area contributed by atoms with Crippen LogP contribution in [0.15, 0.2) is 87.0 Å². The average Bonchev–Trinajstić information content (AvgIpc) is 3.44. The van der Waals surface area contributed by atoms with Gasteiger partial charge in [-0.3, -0.25) is 28.8 Å². The Balaban J connectivity index is 1.65. The van der Waals surface area contributed by atoms with E-state index in [1.807, 2.05) is 0 Å². The van der Waals surface area contributed by atoms with Crippen molar-refractivity contribution in [2.45, 2.75) is 77.0 Å². The topological polar surface area (TPSA) is 316 Å². The van der Waals surface area contributed by atoms with Crippen molar-refractivity contribution in [1.82, 2.24) is 0 Å². The summed E-state index contributed by atoms with van der Waals surface area (Å²) >= 11 is 0. The molecule has 24 nitrogen and oxygen atoms in total. The van der Waals surface area contributed by atoms with Crippen LogP contribution < -0.4 is 18.9 Å². The first kappa shape index (κ1) is 63.3. The number of esters is 12. The third-order valence-electron chi connectivity index (χ3n) is 10.6. The molecule has 1 aliphatic rings. The number of ether oxygens (including phenoxy) is 12. The molecule has 0 amide bonds. The molecule has 1 saturated carbocycles. The molecule has 0 spiro atoms. The molecule has 2 aromatic carbocycles. The van der Waals surface area contributed by atoms with Gasteiger partial charge in [-0.15, -0.1) is 0 Å². The molecular formula is C54H60O24. The molecule has 0 unspecified atom stereocenters. The molecule has 0 heterocycles. The highest BCUT2D eigenvalue weighted by molar-refractivity contribution is 5.95. The van der Waals surface area contributed by atoms with Gasteiger partial charge in [0.15, 0.2) is 0 Å². The van der Waals surface area contributed by atoms with Crippen LogP contribution in [0.5, 0.6) is 23.0 Å². The van der Waals surface area contributed by atoms with Crippen molar-refractivity contribution in [2.24, 2.45) is 11.8 Å². The molecule has 420 valence electrons. The zero-order valence-corrected chi connectivity index (χ0v) is 42.7. The fourth-order valence-corrected chi connectivity index (χ4v) is 6.58. The van der Waals surface area contributed by atoms with Crippen LogP contribution in [-0.4, -0.2) is 124 Å². The molecule has 78 heavy (non-hydrogen) atoms. The summed E-state index contributed by atoms with van der Waals surface area (Å²) in [7, 11) is 0. The van der Waals surface area contributed by atoms with Crippen LogP contribution in [0.4, 0.5) is 0 Å². The SMILES string of the molecule is C=CC(=O)OCCCCOC(=O)c1cc(OC(=O)C2CCC(C(=O)Oc3ccc(OC(=O)CCC(=O)OCCOC(=O)C=C)c(C(=O)OCCCCOC(=O)C=C)c3)CC2)ccc1OC(=O)CCC(=O)OCCOC(=O)C=C. The Labute approximate surface area is 447 Å². The highest BCUT2D eigenvalue weighted by Crippen LogP contribution is 2.34. The van der Waals surface area contributed by atoms with Gasteiger partial charge >= 0.3 is 71.6 Å². The van der Waals surface area contributed by atoms with Crippen molar-refractivity contribution in [2.75, 3.05) is 52.9 Å². The van der Waals surface area contributed by atoms with Crippen molar-refractivity contribution in [1.29, 1.82) is 0 Å². The highest BCUT2D eigenvalue weighted by Gasteiger charge is 2.33. The lowest BCUT2D eigenvalue weighted by Gasteiger charge is -2.26. The van der Waals surface area contributed by atoms with Gasteiger partial charge in [-0.1, -0.05) is 26.3 Å². The molecule has 24 heteroatoms. The average molecular weight is 1090 g/mol. The predicted molar refractivity (Wildman–Crippen MR) is 265 cm³/mol. The van der Waals surface area contributed by atoms with Gasteiger partial charge < -0.3 is 56.8 Å². The van der Waals surface area contributed by atoms with E-state index in [4.69, 9.17) is 56.8 Å². The van der Waals surface area contributed by atoms with E-state index < -0.39 is 109 Å². The first-order valence-corrected chi connectivity index (χ1v) is 24.4. The number of unbranched alkanes of at least 4 members (excludes halogenated alkanes) is 2. The maximum Gasteiger partial charge on any atom is 0.342 e. The second kappa shape index (κ2) is 35.3. The number of carbonyl (C=O) groups excluding carboxylic acids is 12. The summed E-state index contributed by atoms with van der Waals surface area (Å²) in [6.45, 7) is 11.9. The first-order chi connectivity index (χ1) is 37.5. The van der Waals surface area contributed by atoms with E-state index in [-0.39, 0.29) is 126 Å².